The molecular formula is C17H20O. The fourth-order valence-corrected chi connectivity index (χ4v) is 2.06. The van der Waals surface area contributed by atoms with Crippen molar-refractivity contribution >= 4 is 0 Å². The van der Waals surface area contributed by atoms with Gasteiger partial charge < -0.3 is 4.74 Å². The van der Waals surface area contributed by atoms with Crippen molar-refractivity contribution in [1.29, 1.82) is 0 Å². The van der Waals surface area contributed by atoms with Crippen LogP contribution in [0.1, 0.15) is 31.7 Å². The van der Waals surface area contributed by atoms with Gasteiger partial charge in [-0.05, 0) is 41.2 Å². The van der Waals surface area contributed by atoms with Crippen molar-refractivity contribution in [3.63, 3.8) is 0 Å². The Morgan fingerprint density at radius 3 is 2.33 bits per heavy atom. The molecule has 94 valence electrons. The van der Waals surface area contributed by atoms with Crippen LogP contribution in [0.4, 0.5) is 0 Å². The van der Waals surface area contributed by atoms with Crippen LogP contribution < -0.4 is 4.74 Å². The van der Waals surface area contributed by atoms with Crippen molar-refractivity contribution < 1.29 is 4.74 Å². The van der Waals surface area contributed by atoms with E-state index in [2.05, 4.69) is 50.2 Å². The molecule has 1 unspecified atom stereocenters. The van der Waals surface area contributed by atoms with Crippen LogP contribution in [0.3, 0.4) is 0 Å². The molecule has 2 aromatic carbocycles. The highest BCUT2D eigenvalue weighted by atomic mass is 16.5. The molecule has 0 spiro atoms. The molecule has 0 aromatic heterocycles. The molecule has 0 amide bonds. The first kappa shape index (κ1) is 12.7. The SMILES string of the molecule is CCC(C)c1cccc(-c2cccc(OC)c2)c1. The number of methoxy groups -OCH3 is 1. The van der Waals surface area contributed by atoms with Gasteiger partial charge in [-0.3, -0.25) is 0 Å². The van der Waals surface area contributed by atoms with Crippen molar-refractivity contribution in [3.8, 4) is 16.9 Å². The fourth-order valence-electron chi connectivity index (χ4n) is 2.06. The van der Waals surface area contributed by atoms with Crippen molar-refractivity contribution in [1.82, 2.24) is 0 Å². The minimum atomic E-state index is 0.607. The number of hydrogen-bond acceptors (Lipinski definition) is 1. The zero-order valence-electron chi connectivity index (χ0n) is 11.3. The Morgan fingerprint density at radius 1 is 1.00 bits per heavy atom. The smallest absolute Gasteiger partial charge is 0.119 e. The summed E-state index contributed by atoms with van der Waals surface area (Å²) in [7, 11) is 1.70. The zero-order valence-corrected chi connectivity index (χ0v) is 11.3. The van der Waals surface area contributed by atoms with Gasteiger partial charge >= 0.3 is 0 Å². The molecule has 0 aliphatic rings. The van der Waals surface area contributed by atoms with E-state index in [9.17, 15) is 0 Å². The van der Waals surface area contributed by atoms with E-state index in [1.165, 1.54) is 23.1 Å². The van der Waals surface area contributed by atoms with Crippen LogP contribution >= 0.6 is 0 Å². The monoisotopic (exact) mass is 240 g/mol. The second-order valence-corrected chi connectivity index (χ2v) is 4.67. The zero-order chi connectivity index (χ0) is 13.0. The lowest BCUT2D eigenvalue weighted by molar-refractivity contribution is 0.415. The third-order valence-corrected chi connectivity index (χ3v) is 3.47. The Morgan fingerprint density at radius 2 is 1.67 bits per heavy atom. The molecule has 0 fully saturated rings. The largest absolute Gasteiger partial charge is 0.497 e. The van der Waals surface area contributed by atoms with Gasteiger partial charge in [-0.1, -0.05) is 50.2 Å². The summed E-state index contributed by atoms with van der Waals surface area (Å²) in [6, 6.07) is 17.0. The summed E-state index contributed by atoms with van der Waals surface area (Å²) in [6.45, 7) is 4.49. The lowest BCUT2D eigenvalue weighted by Crippen LogP contribution is -1.91. The Bertz CT molecular complexity index is 517. The maximum absolute atomic E-state index is 5.28. The molecule has 0 saturated carbocycles. The summed E-state index contributed by atoms with van der Waals surface area (Å²) >= 11 is 0. The summed E-state index contributed by atoms with van der Waals surface area (Å²) in [5, 5.41) is 0. The maximum Gasteiger partial charge on any atom is 0.119 e. The molecule has 0 aliphatic heterocycles. The summed E-state index contributed by atoms with van der Waals surface area (Å²) in [6.07, 6.45) is 1.17. The van der Waals surface area contributed by atoms with Crippen LogP contribution in [-0.2, 0) is 0 Å². The molecular weight excluding hydrogens is 220 g/mol. The highest BCUT2D eigenvalue weighted by Gasteiger charge is 2.05. The summed E-state index contributed by atoms with van der Waals surface area (Å²) in [5.41, 5.74) is 3.86. The minimum absolute atomic E-state index is 0.607. The quantitative estimate of drug-likeness (QED) is 0.740. The molecule has 1 heteroatoms. The van der Waals surface area contributed by atoms with Crippen molar-refractivity contribution in [2.24, 2.45) is 0 Å². The summed E-state index contributed by atoms with van der Waals surface area (Å²) in [5.74, 6) is 1.51. The molecule has 0 radical (unpaired) electrons. The Labute approximate surface area is 109 Å². The number of hydrogen-bond donors (Lipinski definition) is 0. The highest BCUT2D eigenvalue weighted by molar-refractivity contribution is 5.65. The first-order valence-electron chi connectivity index (χ1n) is 6.49. The Hall–Kier alpha value is -1.76. The minimum Gasteiger partial charge on any atom is -0.497 e. The van der Waals surface area contributed by atoms with Gasteiger partial charge in [0.2, 0.25) is 0 Å². The van der Waals surface area contributed by atoms with Crippen LogP contribution in [0.2, 0.25) is 0 Å². The molecule has 2 rings (SSSR count). The van der Waals surface area contributed by atoms with Gasteiger partial charge in [-0.2, -0.15) is 0 Å². The predicted molar refractivity (Wildman–Crippen MR) is 77.1 cm³/mol. The van der Waals surface area contributed by atoms with Crippen LogP contribution in [0.25, 0.3) is 11.1 Å². The average molecular weight is 240 g/mol. The number of ether oxygens (including phenoxy) is 1. The van der Waals surface area contributed by atoms with Crippen molar-refractivity contribution in [2.75, 3.05) is 7.11 Å². The van der Waals surface area contributed by atoms with Gasteiger partial charge in [0, 0.05) is 0 Å². The lowest BCUT2D eigenvalue weighted by atomic mass is 9.95. The van der Waals surface area contributed by atoms with E-state index < -0.39 is 0 Å². The topological polar surface area (TPSA) is 9.23 Å². The standard InChI is InChI=1S/C17H20O/c1-4-13(2)14-7-5-8-15(11-14)16-9-6-10-17(12-16)18-3/h5-13H,4H2,1-3H3. The van der Waals surface area contributed by atoms with E-state index in [1.54, 1.807) is 7.11 Å². The van der Waals surface area contributed by atoms with Crippen LogP contribution in [0, 0.1) is 0 Å². The second-order valence-electron chi connectivity index (χ2n) is 4.67. The normalized spacial score (nSPS) is 12.2. The predicted octanol–water partition coefficient (Wildman–Crippen LogP) is 4.88. The van der Waals surface area contributed by atoms with Gasteiger partial charge in [-0.25, -0.2) is 0 Å². The molecule has 0 bridgehead atoms. The highest BCUT2D eigenvalue weighted by Crippen LogP contribution is 2.27. The van der Waals surface area contributed by atoms with Crippen LogP contribution in [-0.4, -0.2) is 7.11 Å². The summed E-state index contributed by atoms with van der Waals surface area (Å²) < 4.78 is 5.28. The Kier molecular flexibility index (Phi) is 4.03. The maximum atomic E-state index is 5.28. The van der Waals surface area contributed by atoms with Crippen LogP contribution in [0.5, 0.6) is 5.75 Å². The molecule has 0 saturated heterocycles. The average Bonchev–Trinajstić information content (AvgIpc) is 2.46. The summed E-state index contributed by atoms with van der Waals surface area (Å²) in [4.78, 5) is 0. The number of benzene rings is 2. The van der Waals surface area contributed by atoms with Crippen molar-refractivity contribution in [3.05, 3.63) is 54.1 Å². The molecule has 0 N–H and O–H groups in total. The third kappa shape index (κ3) is 2.73. The van der Waals surface area contributed by atoms with E-state index in [4.69, 9.17) is 4.74 Å². The molecule has 0 aliphatic carbocycles. The van der Waals surface area contributed by atoms with Crippen LogP contribution in [0.15, 0.2) is 48.5 Å². The van der Waals surface area contributed by atoms with E-state index in [-0.39, 0.29) is 0 Å². The van der Waals surface area contributed by atoms with Gasteiger partial charge in [0.25, 0.3) is 0 Å². The molecule has 2 aromatic rings. The Balaban J connectivity index is 2.38. The molecule has 1 nitrogen and oxygen atoms in total. The lowest BCUT2D eigenvalue weighted by Gasteiger charge is -2.11. The third-order valence-electron chi connectivity index (χ3n) is 3.47. The van der Waals surface area contributed by atoms with Crippen molar-refractivity contribution in [2.45, 2.75) is 26.2 Å². The van der Waals surface area contributed by atoms with E-state index in [0.29, 0.717) is 5.92 Å². The van der Waals surface area contributed by atoms with Gasteiger partial charge in [0.1, 0.15) is 5.75 Å². The molecule has 0 heterocycles. The van der Waals surface area contributed by atoms with Gasteiger partial charge in [-0.15, -0.1) is 0 Å². The second kappa shape index (κ2) is 5.72. The molecule has 1 atom stereocenters. The van der Waals surface area contributed by atoms with E-state index >= 15 is 0 Å². The van der Waals surface area contributed by atoms with Gasteiger partial charge in [0.15, 0.2) is 0 Å². The van der Waals surface area contributed by atoms with E-state index in [1.807, 2.05) is 12.1 Å². The molecule has 18 heavy (non-hydrogen) atoms. The fraction of sp³-hybridized carbons (Fsp3) is 0.294. The van der Waals surface area contributed by atoms with E-state index in [0.717, 1.165) is 5.75 Å². The first-order valence-corrected chi connectivity index (χ1v) is 6.49. The first-order chi connectivity index (χ1) is 8.74. The van der Waals surface area contributed by atoms with Gasteiger partial charge in [0.05, 0.1) is 7.11 Å². The number of rotatable bonds is 4.